The van der Waals surface area contributed by atoms with E-state index in [1.54, 1.807) is 38.1 Å². The lowest BCUT2D eigenvalue weighted by molar-refractivity contribution is -0.386. The molecule has 1 heterocycles. The van der Waals surface area contributed by atoms with E-state index in [1.165, 1.54) is 16.8 Å². The number of hydrogen-bond acceptors (Lipinski definition) is 4. The maximum Gasteiger partial charge on any atom is 0.416 e. The van der Waals surface area contributed by atoms with Crippen molar-refractivity contribution in [2.75, 3.05) is 0 Å². The molecule has 0 aliphatic rings. The van der Waals surface area contributed by atoms with E-state index >= 15 is 0 Å². The van der Waals surface area contributed by atoms with E-state index in [-0.39, 0.29) is 12.2 Å². The Morgan fingerprint density at radius 2 is 1.81 bits per heavy atom. The second-order valence-corrected chi connectivity index (χ2v) is 7.01. The van der Waals surface area contributed by atoms with Crippen LogP contribution in [0.1, 0.15) is 38.4 Å². The summed E-state index contributed by atoms with van der Waals surface area (Å²) in [7, 11) is 0. The van der Waals surface area contributed by atoms with Crippen LogP contribution in [-0.2, 0) is 19.3 Å². The quantitative estimate of drug-likeness (QED) is 0.462. The zero-order valence-corrected chi connectivity index (χ0v) is 16.7. The number of benzene rings is 2. The molecule has 0 bridgehead atoms. The highest BCUT2D eigenvalue weighted by molar-refractivity contribution is 5.94. The Bertz CT molecular complexity index is 1120. The van der Waals surface area contributed by atoms with Crippen LogP contribution in [0.25, 0.3) is 0 Å². The number of rotatable bonds is 6. The number of nitro groups is 1. The molecule has 3 rings (SSSR count). The maximum absolute atomic E-state index is 12.8. The molecule has 1 N–H and O–H groups in total. The van der Waals surface area contributed by atoms with Gasteiger partial charge in [-0.25, -0.2) is 0 Å². The minimum absolute atomic E-state index is 0.0226. The van der Waals surface area contributed by atoms with Crippen LogP contribution in [0, 0.1) is 24.0 Å². The molecule has 10 heteroatoms. The first-order chi connectivity index (χ1) is 14.6. The van der Waals surface area contributed by atoms with E-state index in [2.05, 4.69) is 10.4 Å². The summed E-state index contributed by atoms with van der Waals surface area (Å²) in [6.07, 6.45) is -4.44. The zero-order chi connectivity index (χ0) is 22.8. The number of halogens is 3. The molecule has 1 aromatic heterocycles. The van der Waals surface area contributed by atoms with Gasteiger partial charge in [-0.1, -0.05) is 24.3 Å². The zero-order valence-electron chi connectivity index (χ0n) is 16.7. The van der Waals surface area contributed by atoms with E-state index < -0.39 is 22.6 Å². The standard InChI is InChI=1S/C21H19F3N4O3/c1-13-19(28(30)31)14(2)27(26-13)12-15-6-8-17(9-7-15)20(29)25-11-16-4-3-5-18(10-16)21(22,23)24/h3-10H,11-12H2,1-2H3,(H,25,29). The van der Waals surface area contributed by atoms with Crippen molar-refractivity contribution in [2.24, 2.45) is 0 Å². The Labute approximate surface area is 175 Å². The minimum atomic E-state index is -4.44. The summed E-state index contributed by atoms with van der Waals surface area (Å²) in [5.41, 5.74) is 1.44. The number of nitrogens with one attached hydrogen (secondary N) is 1. The molecule has 0 saturated heterocycles. The molecule has 1 amide bonds. The molecule has 0 aliphatic carbocycles. The van der Waals surface area contributed by atoms with E-state index in [4.69, 9.17) is 0 Å². The molecule has 31 heavy (non-hydrogen) atoms. The summed E-state index contributed by atoms with van der Waals surface area (Å²) >= 11 is 0. The van der Waals surface area contributed by atoms with E-state index in [0.29, 0.717) is 29.1 Å². The van der Waals surface area contributed by atoms with E-state index in [1.807, 2.05) is 0 Å². The third-order valence-corrected chi connectivity index (χ3v) is 4.78. The predicted molar refractivity (Wildman–Crippen MR) is 107 cm³/mol. The smallest absolute Gasteiger partial charge is 0.348 e. The Hall–Kier alpha value is -3.69. The van der Waals surface area contributed by atoms with Crippen LogP contribution < -0.4 is 5.32 Å². The van der Waals surface area contributed by atoms with Crippen molar-refractivity contribution in [2.45, 2.75) is 33.1 Å². The van der Waals surface area contributed by atoms with Crippen molar-refractivity contribution in [1.82, 2.24) is 15.1 Å². The first kappa shape index (κ1) is 22.0. The molecule has 3 aromatic rings. The van der Waals surface area contributed by atoms with Gasteiger partial charge in [-0.2, -0.15) is 18.3 Å². The van der Waals surface area contributed by atoms with Gasteiger partial charge in [0, 0.05) is 12.1 Å². The van der Waals surface area contributed by atoms with Crippen molar-refractivity contribution in [3.8, 4) is 0 Å². The molecule has 162 valence electrons. The number of hydrogen-bond donors (Lipinski definition) is 1. The van der Waals surface area contributed by atoms with Crippen molar-refractivity contribution in [3.05, 3.63) is 92.3 Å². The summed E-state index contributed by atoms with van der Waals surface area (Å²) in [6.45, 7) is 3.44. The fourth-order valence-electron chi connectivity index (χ4n) is 3.18. The predicted octanol–water partition coefficient (Wildman–Crippen LogP) is 4.41. The van der Waals surface area contributed by atoms with Gasteiger partial charge in [-0.05, 0) is 49.2 Å². The van der Waals surface area contributed by atoms with Gasteiger partial charge in [0.1, 0.15) is 11.4 Å². The highest BCUT2D eigenvalue weighted by Crippen LogP contribution is 2.29. The number of carbonyl (C=O) groups excluding carboxylic acids is 1. The number of amides is 1. The molecule has 0 fully saturated rings. The average Bonchev–Trinajstić information content (AvgIpc) is 2.99. The van der Waals surface area contributed by atoms with Crippen LogP contribution in [0.15, 0.2) is 48.5 Å². The molecular weight excluding hydrogens is 413 g/mol. The second-order valence-electron chi connectivity index (χ2n) is 7.01. The lowest BCUT2D eigenvalue weighted by Crippen LogP contribution is -2.23. The fourth-order valence-corrected chi connectivity index (χ4v) is 3.18. The van der Waals surface area contributed by atoms with Crippen molar-refractivity contribution in [3.63, 3.8) is 0 Å². The van der Waals surface area contributed by atoms with Gasteiger partial charge in [0.15, 0.2) is 0 Å². The van der Waals surface area contributed by atoms with Gasteiger partial charge in [0.05, 0.1) is 17.0 Å². The van der Waals surface area contributed by atoms with Gasteiger partial charge in [0.2, 0.25) is 0 Å². The Kier molecular flexibility index (Phi) is 6.09. The molecule has 0 aliphatic heterocycles. The summed E-state index contributed by atoms with van der Waals surface area (Å²) in [5.74, 6) is -0.425. The molecule has 0 unspecified atom stereocenters. The lowest BCUT2D eigenvalue weighted by Gasteiger charge is -2.10. The van der Waals surface area contributed by atoms with Crippen LogP contribution in [-0.4, -0.2) is 20.6 Å². The van der Waals surface area contributed by atoms with Gasteiger partial charge in [-0.15, -0.1) is 0 Å². The monoisotopic (exact) mass is 432 g/mol. The largest absolute Gasteiger partial charge is 0.416 e. The number of nitrogens with zero attached hydrogens (tertiary/aromatic N) is 3. The maximum atomic E-state index is 12.8. The molecule has 7 nitrogen and oxygen atoms in total. The molecule has 0 radical (unpaired) electrons. The highest BCUT2D eigenvalue weighted by atomic mass is 19.4. The number of aryl methyl sites for hydroxylation is 1. The average molecular weight is 432 g/mol. The number of aromatic nitrogens is 2. The topological polar surface area (TPSA) is 90.1 Å². The summed E-state index contributed by atoms with van der Waals surface area (Å²) in [4.78, 5) is 23.0. The second kappa shape index (κ2) is 8.58. The molecule has 0 spiro atoms. The molecular formula is C21H19F3N4O3. The third-order valence-electron chi connectivity index (χ3n) is 4.78. The van der Waals surface area contributed by atoms with Crippen molar-refractivity contribution < 1.29 is 22.9 Å². The summed E-state index contributed by atoms with van der Waals surface area (Å²) < 4.78 is 39.9. The Balaban J connectivity index is 1.65. The number of carbonyl (C=O) groups is 1. The summed E-state index contributed by atoms with van der Waals surface area (Å²) in [5, 5.41) is 17.9. The fraction of sp³-hybridized carbons (Fsp3) is 0.238. The first-order valence-electron chi connectivity index (χ1n) is 9.28. The van der Waals surface area contributed by atoms with Crippen molar-refractivity contribution >= 4 is 11.6 Å². The highest BCUT2D eigenvalue weighted by Gasteiger charge is 2.30. The molecule has 0 saturated carbocycles. The van der Waals surface area contributed by atoms with Crippen LogP contribution in [0.2, 0.25) is 0 Å². The minimum Gasteiger partial charge on any atom is -0.348 e. The van der Waals surface area contributed by atoms with Crippen LogP contribution >= 0.6 is 0 Å². The number of alkyl halides is 3. The molecule has 2 aromatic carbocycles. The summed E-state index contributed by atoms with van der Waals surface area (Å²) in [6, 6.07) is 11.3. The normalized spacial score (nSPS) is 11.4. The van der Waals surface area contributed by atoms with Crippen LogP contribution in [0.5, 0.6) is 0 Å². The van der Waals surface area contributed by atoms with E-state index in [9.17, 15) is 28.1 Å². The van der Waals surface area contributed by atoms with Gasteiger partial charge < -0.3 is 5.32 Å². The van der Waals surface area contributed by atoms with Gasteiger partial charge in [0.25, 0.3) is 5.91 Å². The SMILES string of the molecule is Cc1nn(Cc2ccc(C(=O)NCc3cccc(C(F)(F)F)c3)cc2)c(C)c1[N+](=O)[O-]. The van der Waals surface area contributed by atoms with E-state index in [0.717, 1.165) is 17.7 Å². The van der Waals surface area contributed by atoms with Crippen LogP contribution in [0.3, 0.4) is 0 Å². The lowest BCUT2D eigenvalue weighted by atomic mass is 10.1. The van der Waals surface area contributed by atoms with Crippen LogP contribution in [0.4, 0.5) is 18.9 Å². The Morgan fingerprint density at radius 1 is 1.13 bits per heavy atom. The molecule has 0 atom stereocenters. The van der Waals surface area contributed by atoms with Gasteiger partial charge >= 0.3 is 11.9 Å². The van der Waals surface area contributed by atoms with Gasteiger partial charge in [-0.3, -0.25) is 19.6 Å². The third kappa shape index (κ3) is 5.08. The van der Waals surface area contributed by atoms with Crippen molar-refractivity contribution in [1.29, 1.82) is 0 Å². The first-order valence-corrected chi connectivity index (χ1v) is 9.28. The Morgan fingerprint density at radius 3 is 2.39 bits per heavy atom.